The summed E-state index contributed by atoms with van der Waals surface area (Å²) in [7, 11) is -2.11. The fourth-order valence-corrected chi connectivity index (χ4v) is 3.94. The van der Waals surface area contributed by atoms with Crippen LogP contribution in [0.5, 0.6) is 0 Å². The third-order valence-corrected chi connectivity index (χ3v) is 10.1. The molecule has 8 heteroatoms. The van der Waals surface area contributed by atoms with Gasteiger partial charge in [0.1, 0.15) is 6.54 Å². The SMILES string of the molecule is CC(C)(C)[Si](C)(C)OC1=Nc2ccc([N+](=O)[O-])cc2C(c2ccccc2Cl)=NC1. The Bertz CT molecular complexity index is 1030. The van der Waals surface area contributed by atoms with Gasteiger partial charge in [-0.15, -0.1) is 0 Å². The molecule has 1 heterocycles. The average Bonchev–Trinajstić information content (AvgIpc) is 2.79. The third-order valence-electron chi connectivity index (χ3n) is 5.37. The predicted molar refractivity (Wildman–Crippen MR) is 120 cm³/mol. The van der Waals surface area contributed by atoms with Crippen molar-refractivity contribution in [3.63, 3.8) is 0 Å². The molecular weight excluding hydrogens is 406 g/mol. The Kier molecular flexibility index (Phi) is 5.65. The fraction of sp³-hybridized carbons (Fsp3) is 0.333. The number of hydrogen-bond acceptors (Lipinski definition) is 5. The molecule has 0 fully saturated rings. The van der Waals surface area contributed by atoms with E-state index in [9.17, 15) is 10.1 Å². The van der Waals surface area contributed by atoms with Gasteiger partial charge in [-0.2, -0.15) is 0 Å². The van der Waals surface area contributed by atoms with Crippen molar-refractivity contribution < 1.29 is 9.35 Å². The minimum atomic E-state index is -2.11. The normalized spacial score (nSPS) is 14.4. The van der Waals surface area contributed by atoms with E-state index in [-0.39, 0.29) is 17.3 Å². The fourth-order valence-electron chi connectivity index (χ4n) is 2.71. The number of nitro groups is 1. The molecule has 0 aromatic heterocycles. The van der Waals surface area contributed by atoms with Crippen LogP contribution in [0.25, 0.3) is 0 Å². The minimum Gasteiger partial charge on any atom is -0.532 e. The molecule has 0 amide bonds. The van der Waals surface area contributed by atoms with Crippen LogP contribution in [-0.4, -0.2) is 31.4 Å². The van der Waals surface area contributed by atoms with E-state index in [1.54, 1.807) is 12.1 Å². The van der Waals surface area contributed by atoms with Gasteiger partial charge in [-0.05, 0) is 30.3 Å². The standard InChI is InChI=1S/C21H24ClN3O3Si/c1-21(2,3)29(4,5)28-19-13-23-20(15-8-6-7-9-17(15)22)16-12-14(25(26)27)10-11-18(16)24-19/h6-12H,13H2,1-5H3. The van der Waals surface area contributed by atoms with Gasteiger partial charge in [-0.1, -0.05) is 50.6 Å². The van der Waals surface area contributed by atoms with Gasteiger partial charge >= 0.3 is 0 Å². The molecule has 0 spiro atoms. The van der Waals surface area contributed by atoms with E-state index in [1.807, 2.05) is 18.2 Å². The number of nitro benzene ring substituents is 1. The van der Waals surface area contributed by atoms with E-state index >= 15 is 0 Å². The molecule has 1 aliphatic rings. The quantitative estimate of drug-likeness (QED) is 0.333. The predicted octanol–water partition coefficient (Wildman–Crippen LogP) is 6.15. The topological polar surface area (TPSA) is 77.1 Å². The Hall–Kier alpha value is -2.51. The van der Waals surface area contributed by atoms with E-state index in [2.05, 4.69) is 33.9 Å². The summed E-state index contributed by atoms with van der Waals surface area (Å²) in [5.41, 5.74) is 2.42. The van der Waals surface area contributed by atoms with E-state index in [0.717, 1.165) is 0 Å². The molecule has 0 bridgehead atoms. The molecule has 3 rings (SSSR count). The van der Waals surface area contributed by atoms with Crippen molar-refractivity contribution in [2.75, 3.05) is 6.54 Å². The van der Waals surface area contributed by atoms with Crippen LogP contribution in [-0.2, 0) is 4.43 Å². The first-order valence-corrected chi connectivity index (χ1v) is 12.6. The molecule has 0 N–H and O–H groups in total. The molecule has 0 radical (unpaired) electrons. The molecular formula is C21H24ClN3O3Si. The molecule has 0 aliphatic carbocycles. The van der Waals surface area contributed by atoms with Crippen LogP contribution in [0.3, 0.4) is 0 Å². The highest BCUT2D eigenvalue weighted by molar-refractivity contribution is 6.75. The first-order chi connectivity index (χ1) is 13.5. The van der Waals surface area contributed by atoms with E-state index in [1.165, 1.54) is 12.1 Å². The first kappa shape index (κ1) is 21.2. The summed E-state index contributed by atoms with van der Waals surface area (Å²) >= 11 is 6.41. The molecule has 152 valence electrons. The maximum Gasteiger partial charge on any atom is 0.270 e. The molecule has 0 saturated heterocycles. The van der Waals surface area contributed by atoms with Crippen molar-refractivity contribution in [2.45, 2.75) is 38.9 Å². The minimum absolute atomic E-state index is 0.00934. The number of fused-ring (bicyclic) bond motifs is 1. The maximum atomic E-state index is 11.3. The summed E-state index contributed by atoms with van der Waals surface area (Å²) in [4.78, 5) is 20.3. The van der Waals surface area contributed by atoms with Crippen molar-refractivity contribution >= 4 is 42.9 Å². The highest BCUT2D eigenvalue weighted by atomic mass is 35.5. The molecule has 0 atom stereocenters. The second-order valence-electron chi connectivity index (χ2n) is 8.47. The van der Waals surface area contributed by atoms with Crippen LogP contribution in [0.2, 0.25) is 23.2 Å². The summed E-state index contributed by atoms with van der Waals surface area (Å²) in [5, 5.41) is 11.9. The lowest BCUT2D eigenvalue weighted by atomic mass is 10.00. The first-order valence-electron chi connectivity index (χ1n) is 9.34. The summed E-state index contributed by atoms with van der Waals surface area (Å²) in [6, 6.07) is 11.9. The van der Waals surface area contributed by atoms with Crippen molar-refractivity contribution in [2.24, 2.45) is 9.98 Å². The zero-order valence-electron chi connectivity index (χ0n) is 17.2. The largest absolute Gasteiger partial charge is 0.532 e. The highest BCUT2D eigenvalue weighted by Gasteiger charge is 2.40. The van der Waals surface area contributed by atoms with Gasteiger partial charge < -0.3 is 4.43 Å². The highest BCUT2D eigenvalue weighted by Crippen LogP contribution is 2.38. The third kappa shape index (κ3) is 4.41. The van der Waals surface area contributed by atoms with Gasteiger partial charge in [0.15, 0.2) is 5.90 Å². The second-order valence-corrected chi connectivity index (χ2v) is 13.6. The Labute approximate surface area is 176 Å². The Morgan fingerprint density at radius 1 is 1.14 bits per heavy atom. The number of aliphatic imine (C=N–C) groups is 2. The van der Waals surface area contributed by atoms with E-state index in [4.69, 9.17) is 26.0 Å². The molecule has 29 heavy (non-hydrogen) atoms. The van der Waals surface area contributed by atoms with Crippen molar-refractivity contribution in [1.29, 1.82) is 0 Å². The van der Waals surface area contributed by atoms with Crippen molar-refractivity contribution in [3.8, 4) is 0 Å². The summed E-state index contributed by atoms with van der Waals surface area (Å²) in [6.07, 6.45) is 0. The molecule has 1 aliphatic heterocycles. The van der Waals surface area contributed by atoms with E-state index < -0.39 is 13.2 Å². The van der Waals surface area contributed by atoms with Gasteiger partial charge in [0, 0.05) is 28.3 Å². The molecule has 6 nitrogen and oxygen atoms in total. The summed E-state index contributed by atoms with van der Waals surface area (Å²) < 4.78 is 6.39. The summed E-state index contributed by atoms with van der Waals surface area (Å²) in [5.74, 6) is 0.522. The number of halogens is 1. The maximum absolute atomic E-state index is 11.3. The molecule has 2 aromatic carbocycles. The molecule has 0 saturated carbocycles. The number of benzene rings is 2. The van der Waals surface area contributed by atoms with Crippen molar-refractivity contribution in [3.05, 3.63) is 68.7 Å². The zero-order chi connectivity index (χ0) is 21.4. The van der Waals surface area contributed by atoms with Crippen LogP contribution in [0, 0.1) is 10.1 Å². The lowest BCUT2D eigenvalue weighted by Crippen LogP contribution is -2.43. The lowest BCUT2D eigenvalue weighted by Gasteiger charge is -2.36. The van der Waals surface area contributed by atoms with Gasteiger partial charge in [-0.25, -0.2) is 4.99 Å². The Morgan fingerprint density at radius 2 is 1.83 bits per heavy atom. The zero-order valence-corrected chi connectivity index (χ0v) is 18.9. The van der Waals surface area contributed by atoms with Crippen LogP contribution in [0.15, 0.2) is 52.4 Å². The van der Waals surface area contributed by atoms with Gasteiger partial charge in [0.05, 0.1) is 16.3 Å². The summed E-state index contributed by atoms with van der Waals surface area (Å²) in [6.45, 7) is 11.0. The van der Waals surface area contributed by atoms with Crippen LogP contribution >= 0.6 is 11.6 Å². The smallest absolute Gasteiger partial charge is 0.270 e. The number of hydrogen-bond donors (Lipinski definition) is 0. The van der Waals surface area contributed by atoms with E-state index in [0.29, 0.717) is 33.4 Å². The lowest BCUT2D eigenvalue weighted by molar-refractivity contribution is -0.384. The van der Waals surface area contributed by atoms with Crippen molar-refractivity contribution in [1.82, 2.24) is 0 Å². The Morgan fingerprint density at radius 3 is 2.45 bits per heavy atom. The van der Waals surface area contributed by atoms with Gasteiger partial charge in [0.25, 0.3) is 14.0 Å². The van der Waals surface area contributed by atoms with Gasteiger partial charge in [-0.3, -0.25) is 15.1 Å². The number of rotatable bonds is 3. The second kappa shape index (κ2) is 7.72. The Balaban J connectivity index is 2.14. The van der Waals surface area contributed by atoms with Crippen LogP contribution in [0.1, 0.15) is 31.9 Å². The monoisotopic (exact) mass is 429 g/mol. The number of nitrogens with zero attached hydrogens (tertiary/aromatic N) is 3. The molecule has 0 unspecified atom stereocenters. The van der Waals surface area contributed by atoms with Crippen LogP contribution in [0.4, 0.5) is 11.4 Å². The average molecular weight is 430 g/mol. The number of non-ortho nitro benzene ring substituents is 1. The van der Waals surface area contributed by atoms with Gasteiger partial charge in [0.2, 0.25) is 0 Å². The van der Waals surface area contributed by atoms with Crippen LogP contribution < -0.4 is 0 Å². The molecule has 2 aromatic rings.